The van der Waals surface area contributed by atoms with Crippen LogP contribution in [-0.2, 0) is 0 Å². The van der Waals surface area contributed by atoms with Crippen molar-refractivity contribution in [3.63, 3.8) is 0 Å². The summed E-state index contributed by atoms with van der Waals surface area (Å²) in [4.78, 5) is 20.6. The van der Waals surface area contributed by atoms with E-state index in [0.717, 1.165) is 15.0 Å². The fraction of sp³-hybridized carbons (Fsp3) is 0.143. The lowest BCUT2D eigenvalue weighted by atomic mass is 10.3. The van der Waals surface area contributed by atoms with E-state index in [2.05, 4.69) is 43.0 Å². The number of hydrogen-bond acceptors (Lipinski definition) is 4. The van der Waals surface area contributed by atoms with E-state index in [4.69, 9.17) is 0 Å². The van der Waals surface area contributed by atoms with Crippen LogP contribution in [0.4, 0.5) is 5.69 Å². The minimum atomic E-state index is -0.348. The number of carbonyl (C=O) groups excluding carboxylic acids is 1. The standard InChI is InChI=1S/C14H12IN5O/c1-8-7-9(2)20-14(16-8)18-12(19-20)13(21)17-11-5-3-10(15)4-6-11/h3-7H,1-2H3,(H,17,21). The summed E-state index contributed by atoms with van der Waals surface area (Å²) in [5, 5.41) is 6.97. The monoisotopic (exact) mass is 393 g/mol. The molecule has 0 radical (unpaired) electrons. The number of benzene rings is 1. The molecular formula is C14H12IN5O. The second kappa shape index (κ2) is 5.40. The van der Waals surface area contributed by atoms with Crippen molar-refractivity contribution < 1.29 is 4.79 Å². The number of nitrogens with one attached hydrogen (secondary N) is 1. The van der Waals surface area contributed by atoms with Gasteiger partial charge in [0.05, 0.1) is 0 Å². The van der Waals surface area contributed by atoms with E-state index in [9.17, 15) is 4.79 Å². The Balaban J connectivity index is 1.91. The maximum atomic E-state index is 12.2. The van der Waals surface area contributed by atoms with E-state index in [1.807, 2.05) is 44.2 Å². The topological polar surface area (TPSA) is 72.2 Å². The van der Waals surface area contributed by atoms with Crippen LogP contribution < -0.4 is 5.32 Å². The lowest BCUT2D eigenvalue weighted by Crippen LogP contribution is -2.14. The molecule has 0 fully saturated rings. The van der Waals surface area contributed by atoms with E-state index in [0.29, 0.717) is 11.5 Å². The molecule has 1 aromatic carbocycles. The predicted octanol–water partition coefficient (Wildman–Crippen LogP) is 2.60. The third kappa shape index (κ3) is 2.87. The van der Waals surface area contributed by atoms with Crippen molar-refractivity contribution >= 4 is 40.0 Å². The van der Waals surface area contributed by atoms with Gasteiger partial charge in [-0.2, -0.15) is 4.98 Å². The van der Waals surface area contributed by atoms with Gasteiger partial charge in [-0.3, -0.25) is 4.79 Å². The summed E-state index contributed by atoms with van der Waals surface area (Å²) in [5.74, 6) is 0.189. The van der Waals surface area contributed by atoms with Crippen molar-refractivity contribution in [2.24, 2.45) is 0 Å². The van der Waals surface area contributed by atoms with Gasteiger partial charge in [0.25, 0.3) is 11.7 Å². The zero-order valence-electron chi connectivity index (χ0n) is 11.5. The Morgan fingerprint density at radius 3 is 2.62 bits per heavy atom. The third-order valence-corrected chi connectivity index (χ3v) is 3.64. The van der Waals surface area contributed by atoms with E-state index in [-0.39, 0.29) is 11.7 Å². The van der Waals surface area contributed by atoms with Gasteiger partial charge in [-0.15, -0.1) is 5.10 Å². The third-order valence-electron chi connectivity index (χ3n) is 2.92. The average molecular weight is 393 g/mol. The second-order valence-electron chi connectivity index (χ2n) is 4.65. The summed E-state index contributed by atoms with van der Waals surface area (Å²) in [6, 6.07) is 9.40. The number of halogens is 1. The second-order valence-corrected chi connectivity index (χ2v) is 5.89. The van der Waals surface area contributed by atoms with Crippen LogP contribution in [0.3, 0.4) is 0 Å². The molecule has 2 aromatic heterocycles. The SMILES string of the molecule is Cc1cc(C)n2nc(C(=O)Nc3ccc(I)cc3)nc2n1. The van der Waals surface area contributed by atoms with Crippen molar-refractivity contribution in [1.29, 1.82) is 0 Å². The van der Waals surface area contributed by atoms with Crippen molar-refractivity contribution in [2.75, 3.05) is 5.32 Å². The van der Waals surface area contributed by atoms with Crippen molar-refractivity contribution in [1.82, 2.24) is 19.6 Å². The van der Waals surface area contributed by atoms with Gasteiger partial charge >= 0.3 is 0 Å². The van der Waals surface area contributed by atoms with Gasteiger partial charge in [0, 0.05) is 20.6 Å². The van der Waals surface area contributed by atoms with E-state index >= 15 is 0 Å². The van der Waals surface area contributed by atoms with Crippen LogP contribution in [0.1, 0.15) is 22.0 Å². The van der Waals surface area contributed by atoms with Gasteiger partial charge in [-0.05, 0) is 66.8 Å². The van der Waals surface area contributed by atoms with Crippen LogP contribution in [0.25, 0.3) is 5.78 Å². The zero-order valence-corrected chi connectivity index (χ0v) is 13.6. The Kier molecular flexibility index (Phi) is 3.58. The molecule has 106 valence electrons. The molecule has 7 heteroatoms. The molecule has 0 saturated carbocycles. The number of carbonyl (C=O) groups is 1. The summed E-state index contributed by atoms with van der Waals surface area (Å²) in [5.41, 5.74) is 2.44. The highest BCUT2D eigenvalue weighted by Crippen LogP contribution is 2.12. The molecule has 0 atom stereocenters. The molecule has 2 heterocycles. The number of aryl methyl sites for hydroxylation is 2. The van der Waals surface area contributed by atoms with E-state index in [1.54, 1.807) is 4.52 Å². The number of aromatic nitrogens is 4. The van der Waals surface area contributed by atoms with Gasteiger partial charge in [-0.1, -0.05) is 0 Å². The van der Waals surface area contributed by atoms with Crippen molar-refractivity contribution in [2.45, 2.75) is 13.8 Å². The Morgan fingerprint density at radius 2 is 1.90 bits per heavy atom. The molecule has 1 N–H and O–H groups in total. The van der Waals surface area contributed by atoms with Crippen LogP contribution in [0.15, 0.2) is 30.3 Å². The lowest BCUT2D eigenvalue weighted by molar-refractivity contribution is 0.101. The maximum absolute atomic E-state index is 12.2. The fourth-order valence-electron chi connectivity index (χ4n) is 1.98. The molecule has 0 bridgehead atoms. The normalized spacial score (nSPS) is 10.8. The van der Waals surface area contributed by atoms with Crippen LogP contribution in [0, 0.1) is 17.4 Å². The molecule has 21 heavy (non-hydrogen) atoms. The van der Waals surface area contributed by atoms with Crippen LogP contribution >= 0.6 is 22.6 Å². The van der Waals surface area contributed by atoms with Gasteiger partial charge in [0.2, 0.25) is 5.82 Å². The van der Waals surface area contributed by atoms with E-state index in [1.165, 1.54) is 0 Å². The maximum Gasteiger partial charge on any atom is 0.295 e. The molecule has 1 amide bonds. The summed E-state index contributed by atoms with van der Waals surface area (Å²) in [7, 11) is 0. The molecule has 0 spiro atoms. The Bertz CT molecular complexity index is 825. The highest BCUT2D eigenvalue weighted by molar-refractivity contribution is 14.1. The number of hydrogen-bond donors (Lipinski definition) is 1. The van der Waals surface area contributed by atoms with Crippen LogP contribution in [-0.4, -0.2) is 25.5 Å². The Labute approximate surface area is 134 Å². The highest BCUT2D eigenvalue weighted by atomic mass is 127. The number of nitrogens with zero attached hydrogens (tertiary/aromatic N) is 4. The molecule has 3 aromatic rings. The first-order chi connectivity index (χ1) is 10.0. The van der Waals surface area contributed by atoms with Gasteiger partial charge in [-0.25, -0.2) is 9.50 Å². The number of anilines is 1. The molecular weight excluding hydrogens is 381 g/mol. The summed E-state index contributed by atoms with van der Waals surface area (Å²) in [6.45, 7) is 3.78. The molecule has 0 unspecified atom stereocenters. The van der Waals surface area contributed by atoms with Crippen molar-refractivity contribution in [3.8, 4) is 0 Å². The lowest BCUT2D eigenvalue weighted by Gasteiger charge is -2.01. The number of fused-ring (bicyclic) bond motifs is 1. The minimum Gasteiger partial charge on any atom is -0.319 e. The predicted molar refractivity (Wildman–Crippen MR) is 87.4 cm³/mol. The minimum absolute atomic E-state index is 0.106. The molecule has 6 nitrogen and oxygen atoms in total. The smallest absolute Gasteiger partial charge is 0.295 e. The Hall–Kier alpha value is -2.03. The van der Waals surface area contributed by atoms with E-state index < -0.39 is 0 Å². The van der Waals surface area contributed by atoms with Gasteiger partial charge < -0.3 is 5.32 Å². The molecule has 0 aliphatic heterocycles. The van der Waals surface area contributed by atoms with Crippen molar-refractivity contribution in [3.05, 3.63) is 51.1 Å². The summed E-state index contributed by atoms with van der Waals surface area (Å²) in [6.07, 6.45) is 0. The summed E-state index contributed by atoms with van der Waals surface area (Å²) >= 11 is 2.21. The fourth-order valence-corrected chi connectivity index (χ4v) is 2.34. The van der Waals surface area contributed by atoms with Crippen LogP contribution in [0.5, 0.6) is 0 Å². The largest absolute Gasteiger partial charge is 0.319 e. The Morgan fingerprint density at radius 1 is 1.19 bits per heavy atom. The molecule has 0 saturated heterocycles. The van der Waals surface area contributed by atoms with Crippen LogP contribution in [0.2, 0.25) is 0 Å². The molecule has 0 aliphatic carbocycles. The molecule has 0 aliphatic rings. The van der Waals surface area contributed by atoms with Gasteiger partial charge in [0.15, 0.2) is 0 Å². The average Bonchev–Trinajstić information content (AvgIpc) is 2.85. The quantitative estimate of drug-likeness (QED) is 0.680. The first-order valence-corrected chi connectivity index (χ1v) is 7.39. The summed E-state index contributed by atoms with van der Waals surface area (Å²) < 4.78 is 2.67. The first kappa shape index (κ1) is 13.9. The highest BCUT2D eigenvalue weighted by Gasteiger charge is 2.15. The van der Waals surface area contributed by atoms with Gasteiger partial charge in [0.1, 0.15) is 0 Å². The first-order valence-electron chi connectivity index (χ1n) is 6.31. The molecule has 3 rings (SSSR count). The zero-order chi connectivity index (χ0) is 15.0. The number of amides is 1. The number of rotatable bonds is 2.